The molecule has 1 saturated heterocycles. The molecule has 1 N–H and O–H groups in total. The molecule has 70 valence electrons. The molecule has 0 aliphatic carbocycles. The van der Waals surface area contributed by atoms with Gasteiger partial charge in [-0.25, -0.2) is 0 Å². The summed E-state index contributed by atoms with van der Waals surface area (Å²) < 4.78 is 1.77. The number of aryl methyl sites for hydroxylation is 2. The van der Waals surface area contributed by atoms with Crippen molar-refractivity contribution in [2.45, 2.75) is 19.4 Å². The van der Waals surface area contributed by atoms with Gasteiger partial charge >= 0.3 is 0 Å². The van der Waals surface area contributed by atoms with Crippen LogP contribution in [0.2, 0.25) is 0 Å². The molecule has 0 saturated carbocycles. The minimum absolute atomic E-state index is 0.133. The summed E-state index contributed by atoms with van der Waals surface area (Å²) in [5.74, 6) is 0.267. The van der Waals surface area contributed by atoms with Crippen molar-refractivity contribution in [2.75, 3.05) is 6.54 Å². The number of hydrogen-bond donors (Lipinski definition) is 1. The van der Waals surface area contributed by atoms with E-state index < -0.39 is 0 Å². The van der Waals surface area contributed by atoms with Crippen LogP contribution in [0.4, 0.5) is 0 Å². The first-order valence-corrected chi connectivity index (χ1v) is 4.45. The zero-order valence-electron chi connectivity index (χ0n) is 7.87. The molecule has 1 aliphatic rings. The van der Waals surface area contributed by atoms with Gasteiger partial charge in [-0.2, -0.15) is 5.10 Å². The summed E-state index contributed by atoms with van der Waals surface area (Å²) >= 11 is 0. The first kappa shape index (κ1) is 8.44. The van der Waals surface area contributed by atoms with E-state index in [1.54, 1.807) is 4.68 Å². The highest BCUT2D eigenvalue weighted by Crippen LogP contribution is 2.19. The fourth-order valence-corrected chi connectivity index (χ4v) is 1.77. The topological polar surface area (TPSA) is 46.9 Å². The maximum Gasteiger partial charge on any atom is 0.157 e. The van der Waals surface area contributed by atoms with E-state index in [0.717, 1.165) is 17.9 Å². The second-order valence-corrected chi connectivity index (χ2v) is 3.44. The van der Waals surface area contributed by atoms with E-state index in [1.165, 1.54) is 0 Å². The molecule has 4 nitrogen and oxygen atoms in total. The van der Waals surface area contributed by atoms with Gasteiger partial charge in [-0.15, -0.1) is 0 Å². The van der Waals surface area contributed by atoms with Gasteiger partial charge in [0, 0.05) is 20.0 Å². The number of rotatable bonds is 1. The lowest BCUT2D eigenvalue weighted by atomic mass is 10.1. The Morgan fingerprint density at radius 2 is 2.46 bits per heavy atom. The third-order valence-electron chi connectivity index (χ3n) is 2.38. The third-order valence-corrected chi connectivity index (χ3v) is 2.38. The summed E-state index contributed by atoms with van der Waals surface area (Å²) in [5, 5.41) is 7.38. The predicted molar refractivity (Wildman–Crippen MR) is 48.3 cm³/mol. The normalized spacial score (nSPS) is 22.6. The lowest BCUT2D eigenvalue weighted by Crippen LogP contribution is -2.20. The number of Topliss-reactive ketones (excluding diaryl/α,β-unsaturated/α-hetero) is 1. The molecule has 1 aromatic heterocycles. The molecule has 4 heteroatoms. The Morgan fingerprint density at radius 3 is 2.92 bits per heavy atom. The maximum atomic E-state index is 11.4. The summed E-state index contributed by atoms with van der Waals surface area (Å²) in [7, 11) is 1.87. The van der Waals surface area contributed by atoms with Crippen molar-refractivity contribution < 1.29 is 4.79 Å². The number of nitrogens with zero attached hydrogens (tertiary/aromatic N) is 2. The first-order chi connectivity index (χ1) is 6.18. The summed E-state index contributed by atoms with van der Waals surface area (Å²) in [6.45, 7) is 2.72. The molecule has 2 rings (SSSR count). The van der Waals surface area contributed by atoms with Gasteiger partial charge in [0.1, 0.15) is 6.04 Å². The van der Waals surface area contributed by atoms with Crippen molar-refractivity contribution in [1.29, 1.82) is 0 Å². The molecule has 1 aliphatic heterocycles. The quantitative estimate of drug-likeness (QED) is 0.676. The number of carbonyl (C=O) groups excluding carboxylic acids is 1. The van der Waals surface area contributed by atoms with Crippen LogP contribution in [0.25, 0.3) is 0 Å². The van der Waals surface area contributed by atoms with E-state index in [-0.39, 0.29) is 11.8 Å². The van der Waals surface area contributed by atoms with Crippen molar-refractivity contribution in [3.63, 3.8) is 0 Å². The fourth-order valence-electron chi connectivity index (χ4n) is 1.77. The van der Waals surface area contributed by atoms with E-state index >= 15 is 0 Å². The van der Waals surface area contributed by atoms with Crippen LogP contribution in [0.15, 0.2) is 6.07 Å². The largest absolute Gasteiger partial charge is 0.302 e. The van der Waals surface area contributed by atoms with Crippen LogP contribution in [0.3, 0.4) is 0 Å². The molecule has 1 fully saturated rings. The molecule has 1 atom stereocenters. The zero-order chi connectivity index (χ0) is 9.42. The average Bonchev–Trinajstić information content (AvgIpc) is 2.58. The van der Waals surface area contributed by atoms with Crippen LogP contribution in [0, 0.1) is 6.92 Å². The molecular weight excluding hydrogens is 166 g/mol. The van der Waals surface area contributed by atoms with Crippen molar-refractivity contribution in [3.8, 4) is 0 Å². The van der Waals surface area contributed by atoms with Crippen LogP contribution < -0.4 is 5.32 Å². The SMILES string of the molecule is Cc1cc(C2NCCC2=O)n(C)n1. The Morgan fingerprint density at radius 1 is 1.69 bits per heavy atom. The highest BCUT2D eigenvalue weighted by Gasteiger charge is 2.27. The van der Waals surface area contributed by atoms with Crippen molar-refractivity contribution in [1.82, 2.24) is 15.1 Å². The Hall–Kier alpha value is -1.16. The lowest BCUT2D eigenvalue weighted by Gasteiger charge is -2.08. The van der Waals surface area contributed by atoms with E-state index in [2.05, 4.69) is 10.4 Å². The molecule has 0 bridgehead atoms. The van der Waals surface area contributed by atoms with E-state index in [0.29, 0.717) is 6.42 Å². The summed E-state index contributed by atoms with van der Waals surface area (Å²) in [4.78, 5) is 11.4. The van der Waals surface area contributed by atoms with Gasteiger partial charge in [0.15, 0.2) is 5.78 Å². The maximum absolute atomic E-state index is 11.4. The molecule has 0 aromatic carbocycles. The molecule has 0 spiro atoms. The van der Waals surface area contributed by atoms with Gasteiger partial charge in [-0.1, -0.05) is 0 Å². The molecule has 0 radical (unpaired) electrons. The monoisotopic (exact) mass is 179 g/mol. The van der Waals surface area contributed by atoms with Crippen molar-refractivity contribution in [2.24, 2.45) is 7.05 Å². The Kier molecular flexibility index (Phi) is 1.92. The molecule has 13 heavy (non-hydrogen) atoms. The van der Waals surface area contributed by atoms with Crippen LogP contribution in [-0.4, -0.2) is 22.1 Å². The molecule has 1 unspecified atom stereocenters. The van der Waals surface area contributed by atoms with E-state index in [9.17, 15) is 4.79 Å². The summed E-state index contributed by atoms with van der Waals surface area (Å²) in [6, 6.07) is 1.83. The second-order valence-electron chi connectivity index (χ2n) is 3.44. The number of nitrogens with one attached hydrogen (secondary N) is 1. The Labute approximate surface area is 76.9 Å². The van der Waals surface area contributed by atoms with Crippen molar-refractivity contribution in [3.05, 3.63) is 17.5 Å². The number of carbonyl (C=O) groups is 1. The fraction of sp³-hybridized carbons (Fsp3) is 0.556. The van der Waals surface area contributed by atoms with Crippen LogP contribution in [0.5, 0.6) is 0 Å². The summed E-state index contributed by atoms with van der Waals surface area (Å²) in [5.41, 5.74) is 1.93. The molecule has 2 heterocycles. The van der Waals surface area contributed by atoms with Crippen LogP contribution in [-0.2, 0) is 11.8 Å². The zero-order valence-corrected chi connectivity index (χ0v) is 7.87. The molecule has 0 amide bonds. The predicted octanol–water partition coefficient (Wildman–Crippen LogP) is 0.332. The van der Waals surface area contributed by atoms with Gasteiger partial charge < -0.3 is 5.32 Å². The lowest BCUT2D eigenvalue weighted by molar-refractivity contribution is -0.118. The number of ketones is 1. The smallest absolute Gasteiger partial charge is 0.157 e. The van der Waals surface area contributed by atoms with Gasteiger partial charge in [-0.3, -0.25) is 9.48 Å². The van der Waals surface area contributed by atoms with Gasteiger partial charge in [0.05, 0.1) is 11.4 Å². The number of aromatic nitrogens is 2. The van der Waals surface area contributed by atoms with Gasteiger partial charge in [-0.05, 0) is 13.0 Å². The molecule has 1 aromatic rings. The number of hydrogen-bond acceptors (Lipinski definition) is 3. The standard InChI is InChI=1S/C9H13N3O/c1-6-5-7(12(2)11-6)9-8(13)3-4-10-9/h5,9-10H,3-4H2,1-2H3. The Bertz CT molecular complexity index is 343. The van der Waals surface area contributed by atoms with Crippen molar-refractivity contribution >= 4 is 5.78 Å². The second kappa shape index (κ2) is 2.96. The first-order valence-electron chi connectivity index (χ1n) is 4.45. The highest BCUT2D eigenvalue weighted by atomic mass is 16.1. The highest BCUT2D eigenvalue weighted by molar-refractivity contribution is 5.87. The third kappa shape index (κ3) is 1.37. The van der Waals surface area contributed by atoms with Gasteiger partial charge in [0.2, 0.25) is 0 Å². The van der Waals surface area contributed by atoms with Gasteiger partial charge in [0.25, 0.3) is 0 Å². The van der Waals surface area contributed by atoms with Crippen LogP contribution in [0.1, 0.15) is 23.9 Å². The van der Waals surface area contributed by atoms with E-state index in [4.69, 9.17) is 0 Å². The molecular formula is C9H13N3O. The summed E-state index contributed by atoms with van der Waals surface area (Å²) in [6.07, 6.45) is 0.634. The minimum atomic E-state index is -0.133. The Balaban J connectivity index is 2.34. The minimum Gasteiger partial charge on any atom is -0.302 e. The van der Waals surface area contributed by atoms with Crippen LogP contribution >= 0.6 is 0 Å². The van der Waals surface area contributed by atoms with E-state index in [1.807, 2.05) is 20.0 Å². The average molecular weight is 179 g/mol.